The lowest BCUT2D eigenvalue weighted by atomic mass is 9.75. The lowest BCUT2D eigenvalue weighted by Gasteiger charge is -2.36. The van der Waals surface area contributed by atoms with Crippen LogP contribution >= 0.6 is 0 Å². The van der Waals surface area contributed by atoms with Gasteiger partial charge in [-0.2, -0.15) is 5.26 Å². The second-order valence-corrected chi connectivity index (χ2v) is 6.79. The number of benzene rings is 1. The Kier molecular flexibility index (Phi) is 4.57. The van der Waals surface area contributed by atoms with Crippen LogP contribution < -0.4 is 5.43 Å². The Labute approximate surface area is 141 Å². The SMILES string of the molecule is CCCC(=O)C12CCC(C1)N(NCc1ccc(F)c(O)c1)C2C#N. The third-order valence-corrected chi connectivity index (χ3v) is 5.35. The number of halogens is 1. The van der Waals surface area contributed by atoms with Gasteiger partial charge in [-0.25, -0.2) is 14.8 Å². The summed E-state index contributed by atoms with van der Waals surface area (Å²) < 4.78 is 13.1. The van der Waals surface area contributed by atoms with Crippen LogP contribution in [0.15, 0.2) is 18.2 Å². The number of hydrogen-bond donors (Lipinski definition) is 2. The molecular weight excluding hydrogens is 309 g/mol. The van der Waals surface area contributed by atoms with Gasteiger partial charge in [0.15, 0.2) is 11.6 Å². The van der Waals surface area contributed by atoms with E-state index in [4.69, 9.17) is 0 Å². The Bertz CT molecular complexity index is 687. The Morgan fingerprint density at radius 2 is 2.38 bits per heavy atom. The fourth-order valence-corrected chi connectivity index (χ4v) is 4.15. The maximum atomic E-state index is 13.1. The number of ketones is 1. The summed E-state index contributed by atoms with van der Waals surface area (Å²) in [6, 6.07) is 6.20. The molecule has 2 N–H and O–H groups in total. The highest BCUT2D eigenvalue weighted by Crippen LogP contribution is 2.52. The van der Waals surface area contributed by atoms with Gasteiger partial charge in [-0.05, 0) is 43.4 Å². The normalized spacial score (nSPS) is 28.9. The third kappa shape index (κ3) is 2.68. The van der Waals surface area contributed by atoms with Crippen LogP contribution in [0.2, 0.25) is 0 Å². The number of Topliss-reactive ketones (excluding diaryl/α,β-unsaturated/α-hetero) is 1. The number of piperidine rings is 1. The highest BCUT2D eigenvalue weighted by atomic mass is 19.1. The molecule has 0 spiro atoms. The molecule has 128 valence electrons. The second-order valence-electron chi connectivity index (χ2n) is 6.79. The molecule has 6 heteroatoms. The van der Waals surface area contributed by atoms with Crippen molar-refractivity contribution in [2.24, 2.45) is 5.41 Å². The van der Waals surface area contributed by atoms with Crippen LogP contribution in [-0.4, -0.2) is 28.0 Å². The number of aromatic hydroxyl groups is 1. The molecule has 3 atom stereocenters. The zero-order valence-electron chi connectivity index (χ0n) is 13.8. The summed E-state index contributed by atoms with van der Waals surface area (Å²) in [7, 11) is 0. The number of nitrogens with one attached hydrogen (secondary N) is 1. The number of phenols is 1. The van der Waals surface area contributed by atoms with E-state index in [1.807, 2.05) is 11.9 Å². The van der Waals surface area contributed by atoms with E-state index in [0.29, 0.717) is 13.0 Å². The third-order valence-electron chi connectivity index (χ3n) is 5.35. The number of nitrogens with zero attached hydrogens (tertiary/aromatic N) is 2. The summed E-state index contributed by atoms with van der Waals surface area (Å²) in [4.78, 5) is 12.6. The highest BCUT2D eigenvalue weighted by molar-refractivity contribution is 5.87. The molecule has 1 saturated carbocycles. The monoisotopic (exact) mass is 331 g/mol. The summed E-state index contributed by atoms with van der Waals surface area (Å²) in [6.07, 6.45) is 3.72. The van der Waals surface area contributed by atoms with E-state index in [1.54, 1.807) is 6.07 Å². The van der Waals surface area contributed by atoms with Crippen molar-refractivity contribution in [3.63, 3.8) is 0 Å². The largest absolute Gasteiger partial charge is 0.505 e. The molecule has 1 saturated heterocycles. The molecule has 1 heterocycles. The van der Waals surface area contributed by atoms with Crippen molar-refractivity contribution >= 4 is 5.78 Å². The van der Waals surface area contributed by atoms with E-state index in [9.17, 15) is 19.6 Å². The molecule has 2 bridgehead atoms. The van der Waals surface area contributed by atoms with E-state index in [2.05, 4.69) is 11.5 Å². The number of nitriles is 1. The Morgan fingerprint density at radius 3 is 3.04 bits per heavy atom. The van der Waals surface area contributed by atoms with Gasteiger partial charge >= 0.3 is 0 Å². The van der Waals surface area contributed by atoms with Crippen molar-refractivity contribution in [3.05, 3.63) is 29.6 Å². The topological polar surface area (TPSA) is 76.4 Å². The predicted molar refractivity (Wildman–Crippen MR) is 86.1 cm³/mol. The van der Waals surface area contributed by atoms with Crippen molar-refractivity contribution in [1.82, 2.24) is 10.4 Å². The van der Waals surface area contributed by atoms with Gasteiger partial charge in [-0.1, -0.05) is 13.0 Å². The van der Waals surface area contributed by atoms with Crippen molar-refractivity contribution in [2.45, 2.75) is 57.7 Å². The highest BCUT2D eigenvalue weighted by Gasteiger charge is 2.60. The minimum absolute atomic E-state index is 0.171. The van der Waals surface area contributed by atoms with Crippen LogP contribution in [0.1, 0.15) is 44.6 Å². The number of fused-ring (bicyclic) bond motifs is 2. The Balaban J connectivity index is 1.74. The van der Waals surface area contributed by atoms with Crippen LogP contribution in [0.25, 0.3) is 0 Å². The van der Waals surface area contributed by atoms with Crippen LogP contribution in [0.4, 0.5) is 4.39 Å². The maximum Gasteiger partial charge on any atom is 0.164 e. The molecular formula is C18H22FN3O2. The van der Waals surface area contributed by atoms with Gasteiger partial charge in [0.05, 0.1) is 11.5 Å². The molecule has 2 aliphatic rings. The van der Waals surface area contributed by atoms with Crippen LogP contribution in [0.3, 0.4) is 0 Å². The number of rotatable bonds is 6. The van der Waals surface area contributed by atoms with Crippen molar-refractivity contribution in [3.8, 4) is 11.8 Å². The molecule has 3 unspecified atom stereocenters. The van der Waals surface area contributed by atoms with Gasteiger partial charge < -0.3 is 5.11 Å². The fraction of sp³-hybridized carbons (Fsp3) is 0.556. The first-order valence-corrected chi connectivity index (χ1v) is 8.44. The first-order chi connectivity index (χ1) is 11.5. The first-order valence-electron chi connectivity index (χ1n) is 8.44. The molecule has 2 fully saturated rings. The number of hydrazine groups is 1. The average Bonchev–Trinajstić information content (AvgIpc) is 3.13. The van der Waals surface area contributed by atoms with Gasteiger partial charge in [0.2, 0.25) is 0 Å². The summed E-state index contributed by atoms with van der Waals surface area (Å²) in [6.45, 7) is 2.36. The van der Waals surface area contributed by atoms with Gasteiger partial charge in [0.25, 0.3) is 0 Å². The lowest BCUT2D eigenvalue weighted by Crippen LogP contribution is -2.53. The Morgan fingerprint density at radius 1 is 1.58 bits per heavy atom. The minimum Gasteiger partial charge on any atom is -0.505 e. The Hall–Kier alpha value is -1.97. The van der Waals surface area contributed by atoms with Gasteiger partial charge in [0, 0.05) is 19.0 Å². The van der Waals surface area contributed by atoms with E-state index < -0.39 is 17.3 Å². The van der Waals surface area contributed by atoms with Crippen molar-refractivity contribution in [1.29, 1.82) is 5.26 Å². The number of phenolic OH excluding ortho intramolecular Hbond substituents is 1. The van der Waals surface area contributed by atoms with Crippen LogP contribution in [-0.2, 0) is 11.3 Å². The average molecular weight is 331 g/mol. The molecule has 1 aliphatic heterocycles. The quantitative estimate of drug-likeness (QED) is 0.838. The smallest absolute Gasteiger partial charge is 0.164 e. The molecule has 0 aromatic heterocycles. The molecule has 3 rings (SSSR count). The number of hydrogen-bond acceptors (Lipinski definition) is 5. The molecule has 1 aliphatic carbocycles. The number of carbonyl (C=O) groups is 1. The number of carbonyl (C=O) groups excluding carboxylic acids is 1. The van der Waals surface area contributed by atoms with Gasteiger partial charge in [-0.15, -0.1) is 0 Å². The summed E-state index contributed by atoms with van der Waals surface area (Å²) in [5, 5.41) is 21.0. The predicted octanol–water partition coefficient (Wildman–Crippen LogP) is 2.65. The summed E-state index contributed by atoms with van der Waals surface area (Å²) >= 11 is 0. The molecule has 5 nitrogen and oxygen atoms in total. The van der Waals surface area contributed by atoms with Crippen molar-refractivity contribution in [2.75, 3.05) is 0 Å². The second kappa shape index (κ2) is 6.50. The van der Waals surface area contributed by atoms with Gasteiger partial charge in [-0.3, -0.25) is 4.79 Å². The molecule has 24 heavy (non-hydrogen) atoms. The molecule has 1 aromatic carbocycles. The molecule has 0 amide bonds. The van der Waals surface area contributed by atoms with E-state index in [-0.39, 0.29) is 17.6 Å². The fourth-order valence-electron chi connectivity index (χ4n) is 4.15. The van der Waals surface area contributed by atoms with E-state index >= 15 is 0 Å². The standard InChI is InChI=1S/C18H22FN3O2/c1-2-3-17(24)18-7-6-13(9-18)22(16(18)10-20)21-11-12-4-5-14(19)15(23)8-12/h4-5,8,13,16,21,23H,2-3,6-7,9,11H2,1H3. The summed E-state index contributed by atoms with van der Waals surface area (Å²) in [5.74, 6) is -0.843. The maximum absolute atomic E-state index is 13.1. The van der Waals surface area contributed by atoms with Crippen molar-refractivity contribution < 1.29 is 14.3 Å². The van der Waals surface area contributed by atoms with Gasteiger partial charge in [0.1, 0.15) is 11.8 Å². The van der Waals surface area contributed by atoms with Crippen LogP contribution in [0, 0.1) is 22.6 Å². The minimum atomic E-state index is -0.655. The van der Waals surface area contributed by atoms with Crippen LogP contribution in [0.5, 0.6) is 5.75 Å². The zero-order chi connectivity index (χ0) is 17.3. The summed E-state index contributed by atoms with van der Waals surface area (Å²) in [5.41, 5.74) is 3.40. The molecule has 1 aromatic rings. The first kappa shape index (κ1) is 16.9. The van der Waals surface area contributed by atoms with E-state index in [1.165, 1.54) is 12.1 Å². The van der Waals surface area contributed by atoms with E-state index in [0.717, 1.165) is 31.2 Å². The molecule has 0 radical (unpaired) electrons. The lowest BCUT2D eigenvalue weighted by molar-refractivity contribution is -0.130. The zero-order valence-corrected chi connectivity index (χ0v) is 13.8.